The Bertz CT molecular complexity index is 114. The summed E-state index contributed by atoms with van der Waals surface area (Å²) in [5.41, 5.74) is 5.70. The molecule has 0 saturated heterocycles. The van der Waals surface area contributed by atoms with Crippen molar-refractivity contribution >= 4 is 0 Å². The number of rotatable bonds is 5. The molecule has 0 spiro atoms. The SMILES string of the molecule is CCCNCC1CCCC1CN. The van der Waals surface area contributed by atoms with Crippen LogP contribution in [0.1, 0.15) is 32.6 Å². The third-order valence-corrected chi connectivity index (χ3v) is 2.95. The lowest BCUT2D eigenvalue weighted by atomic mass is 9.96. The molecule has 1 aliphatic carbocycles. The third kappa shape index (κ3) is 2.76. The summed E-state index contributed by atoms with van der Waals surface area (Å²) < 4.78 is 0. The van der Waals surface area contributed by atoms with Gasteiger partial charge in [-0.1, -0.05) is 13.3 Å². The molecule has 0 bridgehead atoms. The summed E-state index contributed by atoms with van der Waals surface area (Å²) in [7, 11) is 0. The molecule has 2 heteroatoms. The largest absolute Gasteiger partial charge is 0.330 e. The second-order valence-electron chi connectivity index (χ2n) is 3.89. The van der Waals surface area contributed by atoms with Crippen molar-refractivity contribution in [2.24, 2.45) is 17.6 Å². The van der Waals surface area contributed by atoms with Gasteiger partial charge in [0.1, 0.15) is 0 Å². The van der Waals surface area contributed by atoms with Crippen LogP contribution in [0.2, 0.25) is 0 Å². The number of hydrogen-bond acceptors (Lipinski definition) is 2. The first-order chi connectivity index (χ1) is 5.88. The second-order valence-corrected chi connectivity index (χ2v) is 3.89. The van der Waals surface area contributed by atoms with Crippen molar-refractivity contribution in [2.45, 2.75) is 32.6 Å². The molecule has 0 aliphatic heterocycles. The van der Waals surface area contributed by atoms with Crippen LogP contribution in [0.3, 0.4) is 0 Å². The van der Waals surface area contributed by atoms with Gasteiger partial charge in [0.15, 0.2) is 0 Å². The van der Waals surface area contributed by atoms with Gasteiger partial charge in [0.2, 0.25) is 0 Å². The molecule has 0 aromatic carbocycles. The van der Waals surface area contributed by atoms with Crippen LogP contribution in [-0.2, 0) is 0 Å². The van der Waals surface area contributed by atoms with Crippen LogP contribution in [0.4, 0.5) is 0 Å². The zero-order valence-electron chi connectivity index (χ0n) is 8.18. The minimum Gasteiger partial charge on any atom is -0.330 e. The average Bonchev–Trinajstić information content (AvgIpc) is 2.52. The van der Waals surface area contributed by atoms with E-state index in [1.165, 1.54) is 32.2 Å². The van der Waals surface area contributed by atoms with E-state index in [1.807, 2.05) is 0 Å². The van der Waals surface area contributed by atoms with Gasteiger partial charge in [-0.2, -0.15) is 0 Å². The zero-order valence-corrected chi connectivity index (χ0v) is 8.18. The summed E-state index contributed by atoms with van der Waals surface area (Å²) in [4.78, 5) is 0. The maximum absolute atomic E-state index is 5.70. The van der Waals surface area contributed by atoms with Crippen molar-refractivity contribution in [3.05, 3.63) is 0 Å². The Morgan fingerprint density at radius 2 is 2.08 bits per heavy atom. The Labute approximate surface area is 75.9 Å². The molecular weight excluding hydrogens is 148 g/mol. The highest BCUT2D eigenvalue weighted by Gasteiger charge is 2.24. The summed E-state index contributed by atoms with van der Waals surface area (Å²) in [6, 6.07) is 0. The molecule has 0 amide bonds. The lowest BCUT2D eigenvalue weighted by Crippen LogP contribution is -2.29. The third-order valence-electron chi connectivity index (χ3n) is 2.95. The van der Waals surface area contributed by atoms with Gasteiger partial charge in [0.05, 0.1) is 0 Å². The highest BCUT2D eigenvalue weighted by atomic mass is 14.9. The highest BCUT2D eigenvalue weighted by Crippen LogP contribution is 2.30. The maximum Gasteiger partial charge on any atom is -0.00174 e. The molecule has 1 saturated carbocycles. The van der Waals surface area contributed by atoms with Gasteiger partial charge >= 0.3 is 0 Å². The van der Waals surface area contributed by atoms with Gasteiger partial charge in [0, 0.05) is 0 Å². The predicted molar refractivity (Wildman–Crippen MR) is 53.0 cm³/mol. The Kier molecular flexibility index (Phi) is 4.62. The lowest BCUT2D eigenvalue weighted by Gasteiger charge is -2.17. The van der Waals surface area contributed by atoms with Crippen LogP contribution in [0.15, 0.2) is 0 Å². The van der Waals surface area contributed by atoms with Crippen molar-refractivity contribution in [1.29, 1.82) is 0 Å². The van der Waals surface area contributed by atoms with Crippen LogP contribution in [0.25, 0.3) is 0 Å². The fraction of sp³-hybridized carbons (Fsp3) is 1.00. The van der Waals surface area contributed by atoms with E-state index in [2.05, 4.69) is 12.2 Å². The molecule has 1 fully saturated rings. The van der Waals surface area contributed by atoms with E-state index in [0.29, 0.717) is 0 Å². The quantitative estimate of drug-likeness (QED) is 0.611. The van der Waals surface area contributed by atoms with Crippen LogP contribution >= 0.6 is 0 Å². The molecule has 1 rings (SSSR count). The lowest BCUT2D eigenvalue weighted by molar-refractivity contribution is 0.375. The van der Waals surface area contributed by atoms with E-state index in [-0.39, 0.29) is 0 Å². The van der Waals surface area contributed by atoms with Crippen LogP contribution in [0.5, 0.6) is 0 Å². The van der Waals surface area contributed by atoms with E-state index < -0.39 is 0 Å². The van der Waals surface area contributed by atoms with Gasteiger partial charge in [-0.05, 0) is 50.7 Å². The topological polar surface area (TPSA) is 38.0 Å². The van der Waals surface area contributed by atoms with Crippen LogP contribution < -0.4 is 11.1 Å². The van der Waals surface area contributed by atoms with Crippen LogP contribution in [0, 0.1) is 11.8 Å². The fourth-order valence-electron chi connectivity index (χ4n) is 2.16. The molecule has 3 N–H and O–H groups in total. The Morgan fingerprint density at radius 3 is 2.75 bits per heavy atom. The number of nitrogens with one attached hydrogen (secondary N) is 1. The Balaban J connectivity index is 2.12. The summed E-state index contributed by atoms with van der Waals surface area (Å²) in [6.07, 6.45) is 5.37. The van der Waals surface area contributed by atoms with Crippen LogP contribution in [-0.4, -0.2) is 19.6 Å². The molecule has 0 aromatic heterocycles. The van der Waals surface area contributed by atoms with E-state index in [1.54, 1.807) is 0 Å². The minimum absolute atomic E-state index is 0.800. The van der Waals surface area contributed by atoms with Gasteiger partial charge < -0.3 is 11.1 Å². The Hall–Kier alpha value is -0.0800. The van der Waals surface area contributed by atoms with Crippen molar-refractivity contribution in [3.63, 3.8) is 0 Å². The normalized spacial score (nSPS) is 29.5. The molecule has 2 nitrogen and oxygen atoms in total. The highest BCUT2D eigenvalue weighted by molar-refractivity contribution is 4.79. The van der Waals surface area contributed by atoms with Crippen molar-refractivity contribution in [2.75, 3.05) is 19.6 Å². The molecule has 0 heterocycles. The second kappa shape index (κ2) is 5.55. The summed E-state index contributed by atoms with van der Waals surface area (Å²) in [5.74, 6) is 1.66. The molecule has 1 aliphatic rings. The molecule has 0 aromatic rings. The first-order valence-corrected chi connectivity index (χ1v) is 5.29. The molecule has 2 atom stereocenters. The molecular formula is C10H22N2. The van der Waals surface area contributed by atoms with Gasteiger partial charge in [-0.25, -0.2) is 0 Å². The monoisotopic (exact) mass is 170 g/mol. The molecule has 12 heavy (non-hydrogen) atoms. The van der Waals surface area contributed by atoms with E-state index in [9.17, 15) is 0 Å². The van der Waals surface area contributed by atoms with E-state index in [0.717, 1.165) is 24.9 Å². The summed E-state index contributed by atoms with van der Waals surface area (Å²) >= 11 is 0. The minimum atomic E-state index is 0.800. The van der Waals surface area contributed by atoms with E-state index >= 15 is 0 Å². The standard InChI is InChI=1S/C10H22N2/c1-2-6-12-8-10-5-3-4-9(10)7-11/h9-10,12H,2-8,11H2,1H3. The smallest absolute Gasteiger partial charge is 0.00174 e. The molecule has 0 radical (unpaired) electrons. The zero-order chi connectivity index (χ0) is 8.81. The van der Waals surface area contributed by atoms with Gasteiger partial charge in [-0.15, -0.1) is 0 Å². The summed E-state index contributed by atoms with van der Waals surface area (Å²) in [6.45, 7) is 5.45. The summed E-state index contributed by atoms with van der Waals surface area (Å²) in [5, 5.41) is 3.49. The fourth-order valence-corrected chi connectivity index (χ4v) is 2.16. The van der Waals surface area contributed by atoms with Crippen molar-refractivity contribution in [1.82, 2.24) is 5.32 Å². The predicted octanol–water partition coefficient (Wildman–Crippen LogP) is 1.36. The molecule has 2 unspecified atom stereocenters. The van der Waals surface area contributed by atoms with Gasteiger partial charge in [0.25, 0.3) is 0 Å². The van der Waals surface area contributed by atoms with Gasteiger partial charge in [-0.3, -0.25) is 0 Å². The first kappa shape index (κ1) is 10.0. The van der Waals surface area contributed by atoms with Crippen molar-refractivity contribution < 1.29 is 0 Å². The number of nitrogens with two attached hydrogens (primary N) is 1. The molecule has 72 valence electrons. The first-order valence-electron chi connectivity index (χ1n) is 5.29. The van der Waals surface area contributed by atoms with Crippen molar-refractivity contribution in [3.8, 4) is 0 Å². The maximum atomic E-state index is 5.70. The average molecular weight is 170 g/mol. The Morgan fingerprint density at radius 1 is 1.33 bits per heavy atom. The number of hydrogen-bond donors (Lipinski definition) is 2. The van der Waals surface area contributed by atoms with E-state index in [4.69, 9.17) is 5.73 Å².